The van der Waals surface area contributed by atoms with Gasteiger partial charge in [0.2, 0.25) is 0 Å². The Hall–Kier alpha value is -2.96. The molecule has 2 fully saturated rings. The molecule has 1 aromatic carbocycles. The summed E-state index contributed by atoms with van der Waals surface area (Å²) in [7, 11) is 3.55. The Kier molecular flexibility index (Phi) is 7.35. The molecule has 3 heterocycles. The number of guanidine groups is 1. The molecule has 32 heavy (non-hydrogen) atoms. The summed E-state index contributed by atoms with van der Waals surface area (Å²) in [6.45, 7) is 7.17. The van der Waals surface area contributed by atoms with Crippen molar-refractivity contribution in [2.45, 2.75) is 38.8 Å². The van der Waals surface area contributed by atoms with E-state index in [0.29, 0.717) is 12.6 Å². The molecule has 2 saturated heterocycles. The minimum absolute atomic E-state index is 0.341. The van der Waals surface area contributed by atoms with Crippen LogP contribution in [-0.4, -0.2) is 57.3 Å². The second kappa shape index (κ2) is 10.6. The van der Waals surface area contributed by atoms with Gasteiger partial charge in [0.15, 0.2) is 5.96 Å². The number of para-hydroxylation sites is 2. The molecule has 1 unspecified atom stereocenters. The third kappa shape index (κ3) is 5.44. The molecule has 0 radical (unpaired) electrons. The lowest BCUT2D eigenvalue weighted by Crippen LogP contribution is -2.44. The lowest BCUT2D eigenvalue weighted by atomic mass is 9.99. The Morgan fingerprint density at radius 3 is 2.59 bits per heavy atom. The molecule has 7 heteroatoms. The van der Waals surface area contributed by atoms with Crippen molar-refractivity contribution in [3.63, 3.8) is 0 Å². The minimum atomic E-state index is 0.341. The number of aromatic nitrogens is 1. The minimum Gasteiger partial charge on any atom is -0.495 e. The van der Waals surface area contributed by atoms with E-state index in [2.05, 4.69) is 56.6 Å². The van der Waals surface area contributed by atoms with Crippen molar-refractivity contribution in [3.05, 3.63) is 48.2 Å². The largest absolute Gasteiger partial charge is 0.495 e. The van der Waals surface area contributed by atoms with E-state index >= 15 is 0 Å². The fourth-order valence-corrected chi connectivity index (χ4v) is 4.51. The summed E-state index contributed by atoms with van der Waals surface area (Å²) in [4.78, 5) is 13.9. The van der Waals surface area contributed by atoms with Crippen LogP contribution in [0.15, 0.2) is 47.6 Å². The molecule has 0 spiro atoms. The van der Waals surface area contributed by atoms with Crippen molar-refractivity contribution in [1.29, 1.82) is 0 Å². The average Bonchev–Trinajstić information content (AvgIpc) is 3.31. The van der Waals surface area contributed by atoms with Gasteiger partial charge in [-0.3, -0.25) is 4.99 Å². The zero-order chi connectivity index (χ0) is 22.3. The predicted octanol–water partition coefficient (Wildman–Crippen LogP) is 3.27. The molecular formula is C25H36N6O. The molecule has 0 bridgehead atoms. The standard InChI is InChI=1S/C25H36N6O/c1-19-10-13-30(14-11-19)24-9-8-20(16-27-24)17-28-25(26-2)29-21-12-15-31(18-21)22-6-4-5-7-23(22)32-3/h4-9,16,19,21H,10-15,17-18H2,1-3H3,(H2,26,28,29). The van der Waals surface area contributed by atoms with E-state index in [0.717, 1.165) is 67.3 Å². The fraction of sp³-hybridized carbons (Fsp3) is 0.520. The summed E-state index contributed by atoms with van der Waals surface area (Å²) >= 11 is 0. The molecule has 2 aliphatic heterocycles. The van der Waals surface area contributed by atoms with E-state index in [-0.39, 0.29) is 0 Å². The number of ether oxygens (including phenoxy) is 1. The van der Waals surface area contributed by atoms with E-state index < -0.39 is 0 Å². The highest BCUT2D eigenvalue weighted by molar-refractivity contribution is 5.80. The molecule has 1 aromatic heterocycles. The molecule has 2 aliphatic rings. The van der Waals surface area contributed by atoms with Gasteiger partial charge in [-0.25, -0.2) is 4.98 Å². The summed E-state index contributed by atoms with van der Waals surface area (Å²) in [6.07, 6.45) is 5.54. The summed E-state index contributed by atoms with van der Waals surface area (Å²) in [5, 5.41) is 7.00. The summed E-state index contributed by atoms with van der Waals surface area (Å²) in [5.41, 5.74) is 2.31. The zero-order valence-corrected chi connectivity index (χ0v) is 19.6. The topological polar surface area (TPSA) is 65.0 Å². The lowest BCUT2D eigenvalue weighted by molar-refractivity contribution is 0.415. The first-order valence-electron chi connectivity index (χ1n) is 11.7. The second-order valence-corrected chi connectivity index (χ2v) is 8.87. The number of hydrogen-bond acceptors (Lipinski definition) is 5. The van der Waals surface area contributed by atoms with Crippen molar-refractivity contribution < 1.29 is 4.74 Å². The highest BCUT2D eigenvalue weighted by atomic mass is 16.5. The fourth-order valence-electron chi connectivity index (χ4n) is 4.51. The van der Waals surface area contributed by atoms with Crippen LogP contribution in [0.2, 0.25) is 0 Å². The number of aliphatic imine (C=N–C) groups is 1. The number of rotatable bonds is 6. The Labute approximate surface area is 191 Å². The van der Waals surface area contributed by atoms with E-state index in [1.165, 1.54) is 12.8 Å². The Bertz CT molecular complexity index is 892. The predicted molar refractivity (Wildman–Crippen MR) is 132 cm³/mol. The van der Waals surface area contributed by atoms with Gasteiger partial charge in [0.25, 0.3) is 0 Å². The van der Waals surface area contributed by atoms with Gasteiger partial charge in [0.05, 0.1) is 12.8 Å². The molecule has 2 aromatic rings. The Morgan fingerprint density at radius 2 is 1.88 bits per heavy atom. The van der Waals surface area contributed by atoms with Gasteiger partial charge in [-0.15, -0.1) is 0 Å². The van der Waals surface area contributed by atoms with Gasteiger partial charge in [0, 0.05) is 52.0 Å². The van der Waals surface area contributed by atoms with Gasteiger partial charge < -0.3 is 25.2 Å². The van der Waals surface area contributed by atoms with Crippen LogP contribution in [0.1, 0.15) is 31.7 Å². The van der Waals surface area contributed by atoms with Crippen LogP contribution in [0.3, 0.4) is 0 Å². The monoisotopic (exact) mass is 436 g/mol. The summed E-state index contributed by atoms with van der Waals surface area (Å²) < 4.78 is 5.53. The smallest absolute Gasteiger partial charge is 0.191 e. The van der Waals surface area contributed by atoms with Crippen LogP contribution < -0.4 is 25.2 Å². The lowest BCUT2D eigenvalue weighted by Gasteiger charge is -2.31. The van der Waals surface area contributed by atoms with E-state index in [1.807, 2.05) is 25.4 Å². The van der Waals surface area contributed by atoms with Gasteiger partial charge >= 0.3 is 0 Å². The first kappa shape index (κ1) is 22.2. The third-order valence-electron chi connectivity index (χ3n) is 6.56. The third-order valence-corrected chi connectivity index (χ3v) is 6.56. The Morgan fingerprint density at radius 1 is 1.09 bits per heavy atom. The normalized spacial score (nSPS) is 19.8. The molecule has 0 amide bonds. The quantitative estimate of drug-likeness (QED) is 0.535. The van der Waals surface area contributed by atoms with Crippen molar-refractivity contribution in [2.24, 2.45) is 10.9 Å². The summed E-state index contributed by atoms with van der Waals surface area (Å²) in [5.74, 6) is 3.66. The van der Waals surface area contributed by atoms with Crippen LogP contribution in [0.25, 0.3) is 0 Å². The highest BCUT2D eigenvalue weighted by Gasteiger charge is 2.25. The highest BCUT2D eigenvalue weighted by Crippen LogP contribution is 2.30. The number of anilines is 2. The molecule has 0 saturated carbocycles. The number of nitrogens with one attached hydrogen (secondary N) is 2. The first-order valence-corrected chi connectivity index (χ1v) is 11.7. The van der Waals surface area contributed by atoms with Crippen LogP contribution in [-0.2, 0) is 6.54 Å². The number of methoxy groups -OCH3 is 1. The molecule has 7 nitrogen and oxygen atoms in total. The number of hydrogen-bond donors (Lipinski definition) is 2. The van der Waals surface area contributed by atoms with Crippen LogP contribution >= 0.6 is 0 Å². The van der Waals surface area contributed by atoms with Crippen molar-refractivity contribution in [3.8, 4) is 5.75 Å². The maximum absolute atomic E-state index is 5.53. The maximum Gasteiger partial charge on any atom is 0.191 e. The van der Waals surface area contributed by atoms with Gasteiger partial charge in [-0.1, -0.05) is 25.1 Å². The number of nitrogens with zero attached hydrogens (tertiary/aromatic N) is 4. The van der Waals surface area contributed by atoms with Crippen LogP contribution in [0, 0.1) is 5.92 Å². The van der Waals surface area contributed by atoms with Crippen LogP contribution in [0.5, 0.6) is 5.75 Å². The number of pyridine rings is 1. The van der Waals surface area contributed by atoms with Crippen molar-refractivity contribution in [2.75, 3.05) is 50.1 Å². The van der Waals surface area contributed by atoms with Crippen molar-refractivity contribution >= 4 is 17.5 Å². The molecule has 172 valence electrons. The summed E-state index contributed by atoms with van der Waals surface area (Å²) in [6, 6.07) is 12.9. The van der Waals surface area contributed by atoms with E-state index in [9.17, 15) is 0 Å². The second-order valence-electron chi connectivity index (χ2n) is 8.87. The molecule has 4 rings (SSSR count). The first-order chi connectivity index (χ1) is 15.7. The van der Waals surface area contributed by atoms with E-state index in [4.69, 9.17) is 9.72 Å². The zero-order valence-electron chi connectivity index (χ0n) is 19.6. The van der Waals surface area contributed by atoms with E-state index in [1.54, 1.807) is 7.11 Å². The molecular weight excluding hydrogens is 400 g/mol. The van der Waals surface area contributed by atoms with Gasteiger partial charge in [-0.2, -0.15) is 0 Å². The van der Waals surface area contributed by atoms with Crippen molar-refractivity contribution in [1.82, 2.24) is 15.6 Å². The SMILES string of the molecule is CN=C(NCc1ccc(N2CCC(C)CC2)nc1)NC1CCN(c2ccccc2OC)C1. The Balaban J connectivity index is 1.26. The maximum atomic E-state index is 5.53. The average molecular weight is 437 g/mol. The van der Waals surface area contributed by atoms with Gasteiger partial charge in [0.1, 0.15) is 11.6 Å². The molecule has 2 N–H and O–H groups in total. The molecule has 0 aliphatic carbocycles. The molecule has 1 atom stereocenters. The van der Waals surface area contributed by atoms with Gasteiger partial charge in [-0.05, 0) is 48.9 Å². The number of piperidine rings is 1. The number of benzene rings is 1. The van der Waals surface area contributed by atoms with Crippen LogP contribution in [0.4, 0.5) is 11.5 Å².